The van der Waals surface area contributed by atoms with Gasteiger partial charge in [-0.2, -0.15) is 13.2 Å². The normalized spacial score (nSPS) is 16.4. The van der Waals surface area contributed by atoms with Crippen molar-refractivity contribution in [3.8, 4) is 0 Å². The van der Waals surface area contributed by atoms with Crippen molar-refractivity contribution in [1.82, 2.24) is 9.62 Å². The van der Waals surface area contributed by atoms with Crippen LogP contribution < -0.4 is 16.2 Å². The molecule has 1 aromatic rings. The maximum Gasteiger partial charge on any atom is 0.490 e. The fourth-order valence-electron chi connectivity index (χ4n) is 3.28. The molecule has 16 heteroatoms. The number of aliphatic carboxylic acids is 2. The molecule has 0 aromatic heterocycles. The molecular formula is C20H28F3N5O7S. The van der Waals surface area contributed by atoms with E-state index in [4.69, 9.17) is 21.4 Å². The molecule has 0 aliphatic carbocycles. The van der Waals surface area contributed by atoms with E-state index in [2.05, 4.69) is 9.71 Å². The third-order valence-corrected chi connectivity index (χ3v) is 6.19. The van der Waals surface area contributed by atoms with Gasteiger partial charge in [-0.3, -0.25) is 9.79 Å². The lowest BCUT2D eigenvalue weighted by atomic mass is 10.1. The highest BCUT2D eigenvalue weighted by Crippen LogP contribution is 2.20. The van der Waals surface area contributed by atoms with E-state index in [0.29, 0.717) is 24.8 Å². The second-order valence-corrected chi connectivity index (χ2v) is 9.45. The van der Waals surface area contributed by atoms with Gasteiger partial charge in [-0.05, 0) is 31.2 Å². The monoisotopic (exact) mass is 539 g/mol. The van der Waals surface area contributed by atoms with Crippen LogP contribution in [0.4, 0.5) is 13.2 Å². The zero-order valence-corrected chi connectivity index (χ0v) is 19.8. The molecule has 0 bridgehead atoms. The van der Waals surface area contributed by atoms with E-state index in [-0.39, 0.29) is 31.2 Å². The molecule has 2 rings (SSSR count). The third-order valence-electron chi connectivity index (χ3n) is 4.83. The topological polar surface area (TPSA) is 205 Å². The predicted octanol–water partition coefficient (Wildman–Crippen LogP) is 0.237. The minimum absolute atomic E-state index is 0.0944. The van der Waals surface area contributed by atoms with E-state index < -0.39 is 46.1 Å². The fourth-order valence-corrected chi connectivity index (χ4v) is 4.64. The summed E-state index contributed by atoms with van der Waals surface area (Å²) < 4.78 is 59.4. The van der Waals surface area contributed by atoms with E-state index >= 15 is 0 Å². The van der Waals surface area contributed by atoms with Crippen LogP contribution in [0.2, 0.25) is 0 Å². The van der Waals surface area contributed by atoms with Crippen LogP contribution >= 0.6 is 0 Å². The number of rotatable bonds is 10. The Morgan fingerprint density at radius 1 is 1.17 bits per heavy atom. The lowest BCUT2D eigenvalue weighted by molar-refractivity contribution is -0.192. The number of halogens is 3. The van der Waals surface area contributed by atoms with Gasteiger partial charge in [-0.15, -0.1) is 0 Å². The van der Waals surface area contributed by atoms with Crippen LogP contribution in [0.1, 0.15) is 31.2 Å². The molecule has 2 atom stereocenters. The maximum absolute atomic E-state index is 13.0. The Balaban J connectivity index is 0.000000809. The smallest absolute Gasteiger partial charge is 0.480 e. The van der Waals surface area contributed by atoms with Crippen molar-refractivity contribution in [2.24, 2.45) is 16.5 Å². The molecule has 0 saturated carbocycles. The summed E-state index contributed by atoms with van der Waals surface area (Å²) in [5.41, 5.74) is 11.1. The number of carboxylic acids is 2. The lowest BCUT2D eigenvalue weighted by Gasteiger charge is -2.27. The standard InChI is InChI=1S/C18H27N5O5S.C2HF3O2/c19-18(20)21-10-4-8-14(16(24)23-11-5-9-15(23)17(25)26)22-29(27,28)12-13-6-2-1-3-7-13;3-2(4,5)1(6)7/h1-3,6-7,14-15,22H,4-5,8-12H2,(H,25,26)(H4,19,20,21);(H,6,7)/t14-,15+;/m1./s1. The highest BCUT2D eigenvalue weighted by molar-refractivity contribution is 7.88. The molecular weight excluding hydrogens is 511 g/mol. The third kappa shape index (κ3) is 10.9. The van der Waals surface area contributed by atoms with Gasteiger partial charge in [0.05, 0.1) is 5.75 Å². The number of hydrogen-bond donors (Lipinski definition) is 5. The van der Waals surface area contributed by atoms with Crippen molar-refractivity contribution in [2.45, 2.75) is 49.7 Å². The van der Waals surface area contributed by atoms with Crippen molar-refractivity contribution >= 4 is 33.8 Å². The van der Waals surface area contributed by atoms with Gasteiger partial charge in [-0.25, -0.2) is 22.7 Å². The number of hydrogen-bond acceptors (Lipinski definition) is 6. The van der Waals surface area contributed by atoms with Crippen molar-refractivity contribution in [2.75, 3.05) is 13.1 Å². The fraction of sp³-hybridized carbons (Fsp3) is 0.500. The van der Waals surface area contributed by atoms with Gasteiger partial charge in [0.1, 0.15) is 12.1 Å². The number of likely N-dealkylation sites (tertiary alicyclic amines) is 1. The Morgan fingerprint density at radius 2 is 1.75 bits per heavy atom. The quantitative estimate of drug-likeness (QED) is 0.157. The van der Waals surface area contributed by atoms with Crippen LogP contribution in [0.5, 0.6) is 0 Å². The number of carboxylic acid groups (broad SMARTS) is 2. The average Bonchev–Trinajstić information content (AvgIpc) is 3.25. The number of benzene rings is 1. The van der Waals surface area contributed by atoms with E-state index in [0.717, 1.165) is 0 Å². The molecule has 1 heterocycles. The summed E-state index contributed by atoms with van der Waals surface area (Å²) in [6, 6.07) is 6.55. The predicted molar refractivity (Wildman–Crippen MR) is 122 cm³/mol. The Hall–Kier alpha value is -3.40. The zero-order valence-electron chi connectivity index (χ0n) is 19.0. The number of alkyl halides is 3. The van der Waals surface area contributed by atoms with Crippen LogP contribution in [0.25, 0.3) is 0 Å². The molecule has 12 nitrogen and oxygen atoms in total. The molecule has 1 amide bonds. The van der Waals surface area contributed by atoms with E-state index in [1.54, 1.807) is 30.3 Å². The van der Waals surface area contributed by atoms with Crippen molar-refractivity contribution in [1.29, 1.82) is 0 Å². The molecule has 0 unspecified atom stereocenters. The molecule has 0 radical (unpaired) electrons. The van der Waals surface area contributed by atoms with Gasteiger partial charge >= 0.3 is 18.1 Å². The summed E-state index contributed by atoms with van der Waals surface area (Å²) in [5.74, 6) is -4.78. The highest BCUT2D eigenvalue weighted by Gasteiger charge is 2.39. The summed E-state index contributed by atoms with van der Waals surface area (Å²) in [6.45, 7) is 0.509. The Labute approximate surface area is 205 Å². The largest absolute Gasteiger partial charge is 0.490 e. The van der Waals surface area contributed by atoms with Gasteiger partial charge in [0.15, 0.2) is 5.96 Å². The van der Waals surface area contributed by atoms with Gasteiger partial charge in [0.25, 0.3) is 0 Å². The van der Waals surface area contributed by atoms with Crippen LogP contribution in [0.3, 0.4) is 0 Å². The van der Waals surface area contributed by atoms with Crippen LogP contribution in [-0.2, 0) is 30.2 Å². The number of carbonyl (C=O) groups is 3. The minimum atomic E-state index is -5.08. The van der Waals surface area contributed by atoms with Crippen molar-refractivity contribution in [3.05, 3.63) is 35.9 Å². The Kier molecular flexibility index (Phi) is 11.6. The number of amides is 1. The summed E-state index contributed by atoms with van der Waals surface area (Å²) >= 11 is 0. The maximum atomic E-state index is 13.0. The summed E-state index contributed by atoms with van der Waals surface area (Å²) in [5, 5.41) is 16.5. The number of nitrogens with two attached hydrogens (primary N) is 2. The van der Waals surface area contributed by atoms with Crippen LogP contribution in [-0.4, -0.2) is 78.7 Å². The molecule has 1 saturated heterocycles. The molecule has 36 heavy (non-hydrogen) atoms. The van der Waals surface area contributed by atoms with E-state index in [9.17, 15) is 36.3 Å². The number of guanidine groups is 1. The molecule has 202 valence electrons. The number of nitrogens with one attached hydrogen (secondary N) is 1. The lowest BCUT2D eigenvalue weighted by Crippen LogP contribution is -2.51. The first-order chi connectivity index (χ1) is 16.6. The molecule has 7 N–H and O–H groups in total. The second kappa shape index (κ2) is 13.6. The molecule has 1 aliphatic heterocycles. The summed E-state index contributed by atoms with van der Waals surface area (Å²) in [7, 11) is -3.83. The van der Waals surface area contributed by atoms with Gasteiger partial charge in [-0.1, -0.05) is 30.3 Å². The number of sulfonamides is 1. The number of nitrogens with zero attached hydrogens (tertiary/aromatic N) is 2. The Morgan fingerprint density at radius 3 is 2.25 bits per heavy atom. The first-order valence-corrected chi connectivity index (χ1v) is 12.2. The van der Waals surface area contributed by atoms with Gasteiger partial charge in [0, 0.05) is 13.1 Å². The van der Waals surface area contributed by atoms with E-state index in [1.807, 2.05) is 0 Å². The molecule has 1 aromatic carbocycles. The van der Waals surface area contributed by atoms with Crippen LogP contribution in [0.15, 0.2) is 35.3 Å². The number of aliphatic imine (C=N–C) groups is 1. The molecule has 0 spiro atoms. The average molecular weight is 540 g/mol. The highest BCUT2D eigenvalue weighted by atomic mass is 32.2. The SMILES string of the molecule is NC(N)=NCCC[C@@H](NS(=O)(=O)Cc1ccccc1)C(=O)N1CCC[C@H]1C(=O)O.O=C(O)C(F)(F)F. The summed E-state index contributed by atoms with van der Waals surface area (Å²) in [6.07, 6.45) is -3.68. The van der Waals surface area contributed by atoms with Gasteiger partial charge in [0.2, 0.25) is 15.9 Å². The van der Waals surface area contributed by atoms with Crippen molar-refractivity contribution < 1.29 is 46.2 Å². The second-order valence-electron chi connectivity index (χ2n) is 7.69. The van der Waals surface area contributed by atoms with Crippen molar-refractivity contribution in [3.63, 3.8) is 0 Å². The minimum Gasteiger partial charge on any atom is -0.480 e. The first kappa shape index (κ1) is 30.6. The molecule has 1 fully saturated rings. The van der Waals surface area contributed by atoms with E-state index in [1.165, 1.54) is 4.90 Å². The van der Waals surface area contributed by atoms with Crippen LogP contribution in [0, 0.1) is 0 Å². The first-order valence-electron chi connectivity index (χ1n) is 10.6. The Bertz CT molecular complexity index is 1030. The summed E-state index contributed by atoms with van der Waals surface area (Å²) in [4.78, 5) is 38.4. The van der Waals surface area contributed by atoms with Gasteiger partial charge < -0.3 is 26.6 Å². The molecule has 1 aliphatic rings. The number of carbonyl (C=O) groups excluding carboxylic acids is 1. The zero-order chi connectivity index (χ0) is 27.5.